The van der Waals surface area contributed by atoms with Gasteiger partial charge >= 0.3 is 0 Å². The first kappa shape index (κ1) is 14.3. The van der Waals surface area contributed by atoms with Crippen LogP contribution in [0.15, 0.2) is 18.2 Å². The number of halogens is 1. The Bertz CT molecular complexity index is 438. The second-order valence-electron chi connectivity index (χ2n) is 5.07. The van der Waals surface area contributed by atoms with Gasteiger partial charge in [-0.05, 0) is 31.2 Å². The Kier molecular flexibility index (Phi) is 4.42. The van der Waals surface area contributed by atoms with E-state index < -0.39 is 0 Å². The average molecular weight is 267 g/mol. The van der Waals surface area contributed by atoms with Crippen molar-refractivity contribution in [3.63, 3.8) is 0 Å². The van der Waals surface area contributed by atoms with Crippen molar-refractivity contribution in [1.29, 1.82) is 0 Å². The second kappa shape index (κ2) is 5.88. The van der Waals surface area contributed by atoms with Gasteiger partial charge in [0, 0.05) is 25.1 Å². The Hall–Kier alpha value is -1.13. The first-order chi connectivity index (χ1) is 9.14. The van der Waals surface area contributed by atoms with Crippen molar-refractivity contribution in [3.05, 3.63) is 29.6 Å². The van der Waals surface area contributed by atoms with Gasteiger partial charge < -0.3 is 14.8 Å². The molecule has 3 nitrogen and oxygen atoms in total. The van der Waals surface area contributed by atoms with Gasteiger partial charge in [-0.1, -0.05) is 13.8 Å². The van der Waals surface area contributed by atoms with Gasteiger partial charge in [-0.15, -0.1) is 0 Å². The van der Waals surface area contributed by atoms with Crippen LogP contribution in [0.2, 0.25) is 0 Å². The summed E-state index contributed by atoms with van der Waals surface area (Å²) in [5.41, 5.74) is 0.578. The van der Waals surface area contributed by atoms with Crippen molar-refractivity contribution in [1.82, 2.24) is 5.32 Å². The minimum absolute atomic E-state index is 0.111. The molecule has 1 aliphatic rings. The quantitative estimate of drug-likeness (QED) is 0.889. The normalized spacial score (nSPS) is 25.8. The summed E-state index contributed by atoms with van der Waals surface area (Å²) in [6.45, 7) is 5.53. The van der Waals surface area contributed by atoms with E-state index in [1.165, 1.54) is 6.07 Å². The Balaban J connectivity index is 2.37. The zero-order valence-electron chi connectivity index (χ0n) is 11.8. The van der Waals surface area contributed by atoms with Crippen LogP contribution in [-0.4, -0.2) is 25.9 Å². The molecular weight excluding hydrogens is 245 g/mol. The fraction of sp³-hybridized carbons (Fsp3) is 0.600. The predicted molar refractivity (Wildman–Crippen MR) is 73.0 cm³/mol. The van der Waals surface area contributed by atoms with Crippen LogP contribution in [0.3, 0.4) is 0 Å². The molecule has 106 valence electrons. The standard InChI is InChI=1S/C15H22FNO2/c1-4-15(10-18-3)9-13(17-5-2)12-8-11(16)6-7-14(12)19-15/h6-8,13,17H,4-5,9-10H2,1-3H3. The maximum absolute atomic E-state index is 13.4. The fourth-order valence-corrected chi connectivity index (χ4v) is 2.74. The van der Waals surface area contributed by atoms with E-state index in [0.29, 0.717) is 6.61 Å². The Morgan fingerprint density at radius 2 is 2.26 bits per heavy atom. The maximum Gasteiger partial charge on any atom is 0.134 e. The molecule has 1 aliphatic heterocycles. The van der Waals surface area contributed by atoms with Crippen molar-refractivity contribution >= 4 is 0 Å². The monoisotopic (exact) mass is 267 g/mol. The van der Waals surface area contributed by atoms with Gasteiger partial charge in [-0.3, -0.25) is 0 Å². The number of fused-ring (bicyclic) bond motifs is 1. The molecule has 0 saturated carbocycles. The van der Waals surface area contributed by atoms with E-state index in [0.717, 1.165) is 30.7 Å². The number of nitrogens with one attached hydrogen (secondary N) is 1. The predicted octanol–water partition coefficient (Wildman–Crippen LogP) is 3.05. The second-order valence-corrected chi connectivity index (χ2v) is 5.07. The maximum atomic E-state index is 13.4. The summed E-state index contributed by atoms with van der Waals surface area (Å²) >= 11 is 0. The Morgan fingerprint density at radius 1 is 1.47 bits per heavy atom. The first-order valence-corrected chi connectivity index (χ1v) is 6.85. The molecule has 0 fully saturated rings. The van der Waals surface area contributed by atoms with Crippen LogP contribution in [0.1, 0.15) is 38.3 Å². The van der Waals surface area contributed by atoms with E-state index in [1.807, 2.05) is 0 Å². The molecule has 1 aromatic rings. The van der Waals surface area contributed by atoms with Crippen molar-refractivity contribution in [2.24, 2.45) is 0 Å². The van der Waals surface area contributed by atoms with Gasteiger partial charge in [0.2, 0.25) is 0 Å². The molecule has 0 bridgehead atoms. The van der Waals surface area contributed by atoms with E-state index in [2.05, 4.69) is 19.2 Å². The number of benzene rings is 1. The van der Waals surface area contributed by atoms with E-state index in [9.17, 15) is 4.39 Å². The highest BCUT2D eigenvalue weighted by Gasteiger charge is 2.39. The minimum atomic E-state index is -0.327. The van der Waals surface area contributed by atoms with Crippen molar-refractivity contribution in [2.75, 3.05) is 20.3 Å². The van der Waals surface area contributed by atoms with Gasteiger partial charge in [0.15, 0.2) is 0 Å². The van der Waals surface area contributed by atoms with Crippen LogP contribution in [-0.2, 0) is 4.74 Å². The number of rotatable bonds is 5. The summed E-state index contributed by atoms with van der Waals surface area (Å²) in [6.07, 6.45) is 1.65. The first-order valence-electron chi connectivity index (χ1n) is 6.85. The molecule has 0 radical (unpaired) electrons. The largest absolute Gasteiger partial charge is 0.484 e. The SMILES string of the molecule is CCNC1CC(CC)(COC)Oc2ccc(F)cc21. The molecule has 0 aliphatic carbocycles. The molecule has 2 atom stereocenters. The van der Waals surface area contributed by atoms with Gasteiger partial charge in [0.1, 0.15) is 17.2 Å². The number of hydrogen-bond donors (Lipinski definition) is 1. The van der Waals surface area contributed by atoms with E-state index in [-0.39, 0.29) is 17.5 Å². The Labute approximate surface area is 114 Å². The van der Waals surface area contributed by atoms with E-state index >= 15 is 0 Å². The summed E-state index contributed by atoms with van der Waals surface area (Å²) in [6, 6.07) is 4.84. The van der Waals surface area contributed by atoms with Crippen LogP contribution >= 0.6 is 0 Å². The molecule has 0 saturated heterocycles. The lowest BCUT2D eigenvalue weighted by atomic mass is 9.85. The zero-order chi connectivity index (χ0) is 13.9. The van der Waals surface area contributed by atoms with Crippen molar-refractivity contribution in [3.8, 4) is 5.75 Å². The lowest BCUT2D eigenvalue weighted by Crippen LogP contribution is -2.47. The molecule has 19 heavy (non-hydrogen) atoms. The Morgan fingerprint density at radius 3 is 2.89 bits per heavy atom. The highest BCUT2D eigenvalue weighted by atomic mass is 19.1. The zero-order valence-corrected chi connectivity index (χ0v) is 11.8. The minimum Gasteiger partial charge on any atom is -0.484 e. The van der Waals surface area contributed by atoms with Crippen LogP contribution in [0.4, 0.5) is 4.39 Å². The van der Waals surface area contributed by atoms with Gasteiger partial charge in [-0.2, -0.15) is 0 Å². The summed E-state index contributed by atoms with van der Waals surface area (Å²) in [5, 5.41) is 3.41. The number of methoxy groups -OCH3 is 1. The third-order valence-corrected chi connectivity index (χ3v) is 3.75. The lowest BCUT2D eigenvalue weighted by Gasteiger charge is -2.41. The van der Waals surface area contributed by atoms with E-state index in [1.54, 1.807) is 19.2 Å². The van der Waals surface area contributed by atoms with Crippen LogP contribution < -0.4 is 10.1 Å². The highest BCUT2D eigenvalue weighted by Crippen LogP contribution is 2.41. The summed E-state index contributed by atoms with van der Waals surface area (Å²) < 4.78 is 24.8. The number of ether oxygens (including phenoxy) is 2. The lowest BCUT2D eigenvalue weighted by molar-refractivity contribution is -0.0370. The molecule has 1 heterocycles. The topological polar surface area (TPSA) is 30.5 Å². The van der Waals surface area contributed by atoms with Crippen LogP contribution in [0, 0.1) is 5.82 Å². The smallest absolute Gasteiger partial charge is 0.134 e. The molecule has 4 heteroatoms. The fourth-order valence-electron chi connectivity index (χ4n) is 2.74. The van der Waals surface area contributed by atoms with Gasteiger partial charge in [0.25, 0.3) is 0 Å². The highest BCUT2D eigenvalue weighted by molar-refractivity contribution is 5.39. The molecule has 1 N–H and O–H groups in total. The van der Waals surface area contributed by atoms with Gasteiger partial charge in [-0.25, -0.2) is 4.39 Å². The molecule has 0 amide bonds. The summed E-state index contributed by atoms with van der Waals surface area (Å²) in [7, 11) is 1.68. The van der Waals surface area contributed by atoms with Gasteiger partial charge in [0.05, 0.1) is 6.61 Å². The third kappa shape index (κ3) is 2.90. The molecule has 1 aromatic carbocycles. The molecule has 0 spiro atoms. The van der Waals surface area contributed by atoms with Crippen LogP contribution in [0.5, 0.6) is 5.75 Å². The van der Waals surface area contributed by atoms with E-state index in [4.69, 9.17) is 9.47 Å². The van der Waals surface area contributed by atoms with Crippen LogP contribution in [0.25, 0.3) is 0 Å². The average Bonchev–Trinajstić information content (AvgIpc) is 2.40. The molecule has 2 unspecified atom stereocenters. The van der Waals surface area contributed by atoms with Crippen molar-refractivity contribution in [2.45, 2.75) is 38.3 Å². The summed E-state index contributed by atoms with van der Waals surface area (Å²) in [4.78, 5) is 0. The molecule has 2 rings (SSSR count). The summed E-state index contributed by atoms with van der Waals surface area (Å²) in [5.74, 6) is 0.540. The van der Waals surface area contributed by atoms with Crippen molar-refractivity contribution < 1.29 is 13.9 Å². The third-order valence-electron chi connectivity index (χ3n) is 3.75. The molecular formula is C15H22FNO2. The number of hydrogen-bond acceptors (Lipinski definition) is 3. The molecule has 0 aromatic heterocycles.